The molecule has 0 aliphatic carbocycles. The molecule has 0 aliphatic heterocycles. The number of pyridine rings is 1. The van der Waals surface area contributed by atoms with Gasteiger partial charge in [0.15, 0.2) is 0 Å². The van der Waals surface area contributed by atoms with E-state index >= 15 is 0 Å². The Hall–Kier alpha value is -2.94. The summed E-state index contributed by atoms with van der Waals surface area (Å²) in [6, 6.07) is 20.7. The molecule has 3 nitrogen and oxygen atoms in total. The minimum Gasteiger partial charge on any atom is -0.292 e. The molecule has 0 saturated carbocycles. The van der Waals surface area contributed by atoms with Crippen molar-refractivity contribution in [3.05, 3.63) is 78.6 Å². The first-order valence-corrected chi connectivity index (χ1v) is 7.28. The predicted octanol–water partition coefficient (Wildman–Crippen LogP) is 4.40. The molecular weight excluding hydrogens is 270 g/mol. The van der Waals surface area contributed by atoms with E-state index in [0.29, 0.717) is 0 Å². The van der Waals surface area contributed by atoms with Crippen LogP contribution in [-0.4, -0.2) is 14.5 Å². The summed E-state index contributed by atoms with van der Waals surface area (Å²) in [5, 5.41) is 0. The topological polar surface area (TPSA) is 30.7 Å². The summed E-state index contributed by atoms with van der Waals surface area (Å²) in [7, 11) is 0. The molecule has 0 unspecified atom stereocenters. The van der Waals surface area contributed by atoms with Crippen LogP contribution in [0.3, 0.4) is 0 Å². The zero-order chi connectivity index (χ0) is 14.9. The summed E-state index contributed by atoms with van der Waals surface area (Å²) in [5.41, 5.74) is 5.53. The number of imidazole rings is 1. The van der Waals surface area contributed by atoms with Crippen LogP contribution in [-0.2, 0) is 0 Å². The standard InChI is InChI=1S/C19H15N3/c1-14-7-8-17-18(13-14)22(16-5-3-2-4-6-16)19(21-17)15-9-11-20-12-10-15/h2-13H,1H3. The number of nitrogens with zero attached hydrogens (tertiary/aromatic N) is 3. The van der Waals surface area contributed by atoms with Gasteiger partial charge in [-0.3, -0.25) is 9.55 Å². The van der Waals surface area contributed by atoms with Gasteiger partial charge < -0.3 is 0 Å². The minimum absolute atomic E-state index is 0.939. The van der Waals surface area contributed by atoms with Crippen molar-refractivity contribution in [2.75, 3.05) is 0 Å². The summed E-state index contributed by atoms with van der Waals surface area (Å²) in [6.45, 7) is 2.11. The van der Waals surface area contributed by atoms with Crippen LogP contribution >= 0.6 is 0 Å². The first-order chi connectivity index (χ1) is 10.8. The van der Waals surface area contributed by atoms with Crippen LogP contribution < -0.4 is 0 Å². The number of aromatic nitrogens is 3. The van der Waals surface area contributed by atoms with Gasteiger partial charge in [-0.1, -0.05) is 24.3 Å². The summed E-state index contributed by atoms with van der Waals surface area (Å²) in [5.74, 6) is 0.939. The van der Waals surface area contributed by atoms with Gasteiger partial charge in [0, 0.05) is 23.6 Å². The van der Waals surface area contributed by atoms with E-state index in [1.54, 1.807) is 12.4 Å². The van der Waals surface area contributed by atoms with E-state index in [4.69, 9.17) is 4.98 Å². The number of fused-ring (bicyclic) bond motifs is 1. The lowest BCUT2D eigenvalue weighted by Crippen LogP contribution is -1.97. The van der Waals surface area contributed by atoms with Crippen LogP contribution in [0.5, 0.6) is 0 Å². The quantitative estimate of drug-likeness (QED) is 0.546. The average Bonchev–Trinajstić information content (AvgIpc) is 2.95. The normalized spacial score (nSPS) is 11.0. The molecule has 0 aliphatic rings. The molecule has 22 heavy (non-hydrogen) atoms. The average molecular weight is 285 g/mol. The van der Waals surface area contributed by atoms with Crippen LogP contribution in [0.25, 0.3) is 28.1 Å². The Morgan fingerprint density at radius 3 is 2.41 bits per heavy atom. The lowest BCUT2D eigenvalue weighted by Gasteiger charge is -2.09. The van der Waals surface area contributed by atoms with Crippen LogP contribution in [0.4, 0.5) is 0 Å². The van der Waals surface area contributed by atoms with Crippen molar-refractivity contribution in [1.82, 2.24) is 14.5 Å². The van der Waals surface area contributed by atoms with Gasteiger partial charge in [-0.2, -0.15) is 0 Å². The van der Waals surface area contributed by atoms with Crippen molar-refractivity contribution < 1.29 is 0 Å². The molecule has 4 rings (SSSR count). The number of para-hydroxylation sites is 1. The Bertz CT molecular complexity index is 925. The molecule has 0 fully saturated rings. The second kappa shape index (κ2) is 5.11. The van der Waals surface area contributed by atoms with E-state index in [1.165, 1.54) is 5.56 Å². The van der Waals surface area contributed by atoms with Crippen LogP contribution in [0, 0.1) is 6.92 Å². The number of rotatable bonds is 2. The lowest BCUT2D eigenvalue weighted by atomic mass is 10.2. The second-order valence-corrected chi connectivity index (χ2v) is 5.33. The SMILES string of the molecule is Cc1ccc2nc(-c3ccncc3)n(-c3ccccc3)c2c1. The van der Waals surface area contributed by atoms with E-state index < -0.39 is 0 Å². The van der Waals surface area contributed by atoms with Crippen LogP contribution in [0.15, 0.2) is 73.1 Å². The third kappa shape index (κ3) is 2.07. The first kappa shape index (κ1) is 12.8. The predicted molar refractivity (Wildman–Crippen MR) is 89.0 cm³/mol. The van der Waals surface area contributed by atoms with E-state index in [2.05, 4.69) is 46.8 Å². The van der Waals surface area contributed by atoms with Gasteiger partial charge >= 0.3 is 0 Å². The molecule has 2 heterocycles. The smallest absolute Gasteiger partial charge is 0.145 e. The monoisotopic (exact) mass is 285 g/mol. The lowest BCUT2D eigenvalue weighted by molar-refractivity contribution is 1.10. The van der Waals surface area contributed by atoms with Gasteiger partial charge in [0.2, 0.25) is 0 Å². The third-order valence-electron chi connectivity index (χ3n) is 3.76. The highest BCUT2D eigenvalue weighted by atomic mass is 15.1. The highest BCUT2D eigenvalue weighted by Gasteiger charge is 2.13. The van der Waals surface area contributed by atoms with Gasteiger partial charge in [0.1, 0.15) is 5.82 Å². The van der Waals surface area contributed by atoms with E-state index in [1.807, 2.05) is 30.3 Å². The zero-order valence-corrected chi connectivity index (χ0v) is 12.3. The second-order valence-electron chi connectivity index (χ2n) is 5.33. The fourth-order valence-electron chi connectivity index (χ4n) is 2.72. The maximum absolute atomic E-state index is 4.84. The number of hydrogen-bond donors (Lipinski definition) is 0. The summed E-state index contributed by atoms with van der Waals surface area (Å²) >= 11 is 0. The highest BCUT2D eigenvalue weighted by Crippen LogP contribution is 2.28. The van der Waals surface area contributed by atoms with Crippen LogP contribution in [0.1, 0.15) is 5.56 Å². The Morgan fingerprint density at radius 1 is 0.864 bits per heavy atom. The highest BCUT2D eigenvalue weighted by molar-refractivity contribution is 5.83. The fraction of sp³-hybridized carbons (Fsp3) is 0.0526. The van der Waals surface area contributed by atoms with Gasteiger partial charge in [-0.25, -0.2) is 4.98 Å². The summed E-state index contributed by atoms with van der Waals surface area (Å²) < 4.78 is 2.21. The van der Waals surface area contributed by atoms with Crippen molar-refractivity contribution in [3.63, 3.8) is 0 Å². The molecule has 0 bridgehead atoms. The van der Waals surface area contributed by atoms with Crippen molar-refractivity contribution in [2.24, 2.45) is 0 Å². The third-order valence-corrected chi connectivity index (χ3v) is 3.76. The molecule has 0 atom stereocenters. The minimum atomic E-state index is 0.939. The van der Waals surface area contributed by atoms with Crippen molar-refractivity contribution in [2.45, 2.75) is 6.92 Å². The summed E-state index contributed by atoms with van der Waals surface area (Å²) in [6.07, 6.45) is 3.60. The zero-order valence-electron chi connectivity index (χ0n) is 12.3. The summed E-state index contributed by atoms with van der Waals surface area (Å²) in [4.78, 5) is 8.94. The maximum Gasteiger partial charge on any atom is 0.145 e. The Labute approximate surface area is 128 Å². The number of hydrogen-bond acceptors (Lipinski definition) is 2. The van der Waals surface area contributed by atoms with Crippen molar-refractivity contribution >= 4 is 11.0 Å². The molecule has 0 saturated heterocycles. The molecule has 106 valence electrons. The Balaban J connectivity index is 2.08. The van der Waals surface area contributed by atoms with Crippen molar-refractivity contribution in [3.8, 4) is 17.1 Å². The largest absolute Gasteiger partial charge is 0.292 e. The molecule has 0 radical (unpaired) electrons. The number of benzene rings is 2. The Kier molecular flexibility index (Phi) is 2.97. The fourth-order valence-corrected chi connectivity index (χ4v) is 2.72. The maximum atomic E-state index is 4.84. The number of aryl methyl sites for hydroxylation is 1. The molecule has 3 heteroatoms. The first-order valence-electron chi connectivity index (χ1n) is 7.28. The van der Waals surface area contributed by atoms with Crippen LogP contribution in [0.2, 0.25) is 0 Å². The molecule has 4 aromatic rings. The van der Waals surface area contributed by atoms with Crippen molar-refractivity contribution in [1.29, 1.82) is 0 Å². The molecular formula is C19H15N3. The van der Waals surface area contributed by atoms with Gasteiger partial charge in [0.25, 0.3) is 0 Å². The van der Waals surface area contributed by atoms with E-state index in [-0.39, 0.29) is 0 Å². The van der Waals surface area contributed by atoms with Gasteiger partial charge in [-0.05, 0) is 48.9 Å². The van der Waals surface area contributed by atoms with E-state index in [9.17, 15) is 0 Å². The molecule has 0 spiro atoms. The van der Waals surface area contributed by atoms with Gasteiger partial charge in [-0.15, -0.1) is 0 Å². The molecule has 2 aromatic carbocycles. The molecule has 0 amide bonds. The van der Waals surface area contributed by atoms with E-state index in [0.717, 1.165) is 28.1 Å². The Morgan fingerprint density at radius 2 is 1.64 bits per heavy atom. The molecule has 0 N–H and O–H groups in total. The molecule has 2 aromatic heterocycles. The van der Waals surface area contributed by atoms with Gasteiger partial charge in [0.05, 0.1) is 11.0 Å².